The lowest BCUT2D eigenvalue weighted by Crippen LogP contribution is -2.48. The van der Waals surface area contributed by atoms with E-state index in [0.29, 0.717) is 13.1 Å². The number of piperazine rings is 1. The summed E-state index contributed by atoms with van der Waals surface area (Å²) in [7, 11) is 1.72. The molecule has 2 rings (SSSR count). The van der Waals surface area contributed by atoms with Gasteiger partial charge in [0.15, 0.2) is 0 Å². The lowest BCUT2D eigenvalue weighted by molar-refractivity contribution is -0.387. The molecule has 1 aromatic rings. The normalized spacial score (nSPS) is 16.7. The van der Waals surface area contributed by atoms with Crippen LogP contribution in [0, 0.1) is 15.9 Å². The van der Waals surface area contributed by atoms with Crippen molar-refractivity contribution in [2.45, 2.75) is 6.54 Å². The van der Waals surface area contributed by atoms with Crippen LogP contribution in [0.5, 0.6) is 0 Å². The maximum absolute atomic E-state index is 13.9. The standard InChI is InChI=1S/C12H14FN3O3/c1-14-5-6-15(8-11(14)17)7-9-3-2-4-10(12(9)13)16(18)19/h2-4H,5-8H2,1H3. The van der Waals surface area contributed by atoms with Gasteiger partial charge >= 0.3 is 5.69 Å². The topological polar surface area (TPSA) is 66.7 Å². The molecule has 0 aliphatic carbocycles. The van der Waals surface area contributed by atoms with Crippen LogP contribution in [0.15, 0.2) is 18.2 Å². The van der Waals surface area contributed by atoms with Crippen molar-refractivity contribution in [1.82, 2.24) is 9.80 Å². The predicted octanol–water partition coefficient (Wildman–Crippen LogP) is 1.01. The fourth-order valence-electron chi connectivity index (χ4n) is 2.01. The fraction of sp³-hybridized carbons (Fsp3) is 0.417. The van der Waals surface area contributed by atoms with Gasteiger partial charge in [0.1, 0.15) is 0 Å². The van der Waals surface area contributed by atoms with Gasteiger partial charge in [-0.15, -0.1) is 0 Å². The van der Waals surface area contributed by atoms with E-state index in [1.165, 1.54) is 12.1 Å². The van der Waals surface area contributed by atoms with Crippen LogP contribution in [0.1, 0.15) is 5.56 Å². The Bertz CT molecular complexity index is 521. The highest BCUT2D eigenvalue weighted by Crippen LogP contribution is 2.21. The Kier molecular flexibility index (Phi) is 3.75. The molecule has 1 fully saturated rings. The minimum absolute atomic E-state index is 0.0305. The molecule has 7 heteroatoms. The van der Waals surface area contributed by atoms with Crippen LogP contribution < -0.4 is 0 Å². The third kappa shape index (κ3) is 2.87. The van der Waals surface area contributed by atoms with Gasteiger partial charge in [-0.2, -0.15) is 4.39 Å². The summed E-state index contributed by atoms with van der Waals surface area (Å²) in [6, 6.07) is 4.09. The van der Waals surface area contributed by atoms with Crippen molar-refractivity contribution in [2.75, 3.05) is 26.7 Å². The van der Waals surface area contributed by atoms with Crippen molar-refractivity contribution in [3.05, 3.63) is 39.7 Å². The van der Waals surface area contributed by atoms with Gasteiger partial charge < -0.3 is 4.90 Å². The molecule has 1 aliphatic heterocycles. The van der Waals surface area contributed by atoms with Crippen LogP contribution >= 0.6 is 0 Å². The van der Waals surface area contributed by atoms with E-state index in [4.69, 9.17) is 0 Å². The average molecular weight is 267 g/mol. The molecule has 102 valence electrons. The molecule has 1 aromatic carbocycles. The first kappa shape index (κ1) is 13.4. The quantitative estimate of drug-likeness (QED) is 0.605. The van der Waals surface area contributed by atoms with Crippen LogP contribution in [0.3, 0.4) is 0 Å². The van der Waals surface area contributed by atoms with E-state index >= 15 is 0 Å². The van der Waals surface area contributed by atoms with Gasteiger partial charge in [0.2, 0.25) is 11.7 Å². The molecule has 0 N–H and O–H groups in total. The number of halogens is 1. The van der Waals surface area contributed by atoms with E-state index < -0.39 is 16.4 Å². The zero-order valence-electron chi connectivity index (χ0n) is 10.5. The van der Waals surface area contributed by atoms with Crippen molar-refractivity contribution in [3.63, 3.8) is 0 Å². The van der Waals surface area contributed by atoms with Crippen LogP contribution in [-0.4, -0.2) is 47.3 Å². The summed E-state index contributed by atoms with van der Waals surface area (Å²) in [4.78, 5) is 24.8. The first-order valence-corrected chi connectivity index (χ1v) is 5.87. The van der Waals surface area contributed by atoms with Gasteiger partial charge in [-0.25, -0.2) is 0 Å². The number of benzene rings is 1. The summed E-state index contributed by atoms with van der Waals surface area (Å²) in [5, 5.41) is 10.7. The molecule has 0 radical (unpaired) electrons. The highest BCUT2D eigenvalue weighted by atomic mass is 19.1. The van der Waals surface area contributed by atoms with Gasteiger partial charge in [-0.1, -0.05) is 12.1 Å². The Morgan fingerprint density at radius 2 is 2.16 bits per heavy atom. The average Bonchev–Trinajstić information content (AvgIpc) is 2.36. The van der Waals surface area contributed by atoms with Crippen LogP contribution in [0.25, 0.3) is 0 Å². The van der Waals surface area contributed by atoms with Gasteiger partial charge in [-0.3, -0.25) is 19.8 Å². The number of nitro groups is 1. The maximum atomic E-state index is 13.9. The van der Waals surface area contributed by atoms with E-state index in [9.17, 15) is 19.3 Å². The lowest BCUT2D eigenvalue weighted by atomic mass is 10.1. The number of likely N-dealkylation sites (N-methyl/N-ethyl adjacent to an activating group) is 1. The third-order valence-electron chi connectivity index (χ3n) is 3.19. The largest absolute Gasteiger partial charge is 0.343 e. The Morgan fingerprint density at radius 1 is 1.42 bits per heavy atom. The molecule has 19 heavy (non-hydrogen) atoms. The molecular formula is C12H14FN3O3. The number of amides is 1. The Morgan fingerprint density at radius 3 is 2.79 bits per heavy atom. The van der Waals surface area contributed by atoms with E-state index in [2.05, 4.69) is 0 Å². The van der Waals surface area contributed by atoms with E-state index in [1.54, 1.807) is 16.8 Å². The zero-order chi connectivity index (χ0) is 14.0. The molecule has 6 nitrogen and oxygen atoms in total. The molecule has 1 aliphatic rings. The minimum Gasteiger partial charge on any atom is -0.343 e. The van der Waals surface area contributed by atoms with Crippen molar-refractivity contribution < 1.29 is 14.1 Å². The van der Waals surface area contributed by atoms with Gasteiger partial charge in [0.05, 0.1) is 11.5 Å². The van der Waals surface area contributed by atoms with E-state index in [0.717, 1.165) is 6.07 Å². The number of nitrogens with zero attached hydrogens (tertiary/aromatic N) is 3. The number of hydrogen-bond acceptors (Lipinski definition) is 4. The molecule has 0 atom stereocenters. The monoisotopic (exact) mass is 267 g/mol. The molecule has 1 heterocycles. The number of nitro benzene ring substituents is 1. The molecule has 0 bridgehead atoms. The van der Waals surface area contributed by atoms with Crippen LogP contribution in [0.2, 0.25) is 0 Å². The summed E-state index contributed by atoms with van der Waals surface area (Å²) in [6.07, 6.45) is 0. The summed E-state index contributed by atoms with van der Waals surface area (Å²) in [5.41, 5.74) is -0.287. The second kappa shape index (κ2) is 5.31. The number of hydrogen-bond donors (Lipinski definition) is 0. The van der Waals surface area contributed by atoms with Gasteiger partial charge in [-0.05, 0) is 0 Å². The molecule has 0 aromatic heterocycles. The van der Waals surface area contributed by atoms with Gasteiger partial charge in [0.25, 0.3) is 0 Å². The molecular weight excluding hydrogens is 253 g/mol. The smallest absolute Gasteiger partial charge is 0.305 e. The zero-order valence-corrected chi connectivity index (χ0v) is 10.5. The number of carbonyl (C=O) groups excluding carboxylic acids is 1. The van der Waals surface area contributed by atoms with E-state index in [-0.39, 0.29) is 24.6 Å². The molecule has 0 unspecified atom stereocenters. The minimum atomic E-state index is -0.820. The van der Waals surface area contributed by atoms with Crippen molar-refractivity contribution >= 4 is 11.6 Å². The van der Waals surface area contributed by atoms with Crippen LogP contribution in [0.4, 0.5) is 10.1 Å². The first-order chi connectivity index (χ1) is 8.99. The lowest BCUT2D eigenvalue weighted by Gasteiger charge is -2.31. The third-order valence-corrected chi connectivity index (χ3v) is 3.19. The fourth-order valence-corrected chi connectivity index (χ4v) is 2.01. The SMILES string of the molecule is CN1CCN(Cc2cccc([N+](=O)[O-])c2F)CC1=O. The predicted molar refractivity (Wildman–Crippen MR) is 66.0 cm³/mol. The summed E-state index contributed by atoms with van der Waals surface area (Å²) >= 11 is 0. The molecule has 1 saturated heterocycles. The van der Waals surface area contributed by atoms with Gasteiger partial charge in [0, 0.05) is 38.3 Å². The molecule has 0 spiro atoms. The summed E-state index contributed by atoms with van der Waals surface area (Å²) in [6.45, 7) is 1.62. The Hall–Kier alpha value is -2.02. The Balaban J connectivity index is 2.14. The molecule has 1 amide bonds. The second-order valence-corrected chi connectivity index (χ2v) is 4.53. The van der Waals surface area contributed by atoms with Crippen molar-refractivity contribution in [2.24, 2.45) is 0 Å². The summed E-state index contributed by atoms with van der Waals surface area (Å²) < 4.78 is 13.9. The Labute approximate surface area is 109 Å². The second-order valence-electron chi connectivity index (χ2n) is 4.53. The van der Waals surface area contributed by atoms with Crippen molar-refractivity contribution in [3.8, 4) is 0 Å². The highest BCUT2D eigenvalue weighted by molar-refractivity contribution is 5.78. The van der Waals surface area contributed by atoms with E-state index in [1.807, 2.05) is 0 Å². The summed E-state index contributed by atoms with van der Waals surface area (Å²) in [5.74, 6) is -0.851. The molecule has 0 saturated carbocycles. The number of carbonyl (C=O) groups is 1. The number of rotatable bonds is 3. The highest BCUT2D eigenvalue weighted by Gasteiger charge is 2.23. The first-order valence-electron chi connectivity index (χ1n) is 5.87. The van der Waals surface area contributed by atoms with Crippen molar-refractivity contribution in [1.29, 1.82) is 0 Å². The maximum Gasteiger partial charge on any atom is 0.305 e. The van der Waals surface area contributed by atoms with Crippen LogP contribution in [-0.2, 0) is 11.3 Å².